The Morgan fingerprint density at radius 2 is 1.92 bits per heavy atom. The number of alkyl halides is 1. The maximum atomic E-state index is 5.48. The maximum Gasteiger partial charge on any atom is 0.146 e. The van der Waals surface area contributed by atoms with E-state index in [4.69, 9.17) is 21.1 Å². The van der Waals surface area contributed by atoms with Gasteiger partial charge in [0, 0.05) is 12.5 Å². The van der Waals surface area contributed by atoms with Gasteiger partial charge in [0.25, 0.3) is 0 Å². The number of hydrogen-bond donors (Lipinski definition) is 0. The predicted octanol–water partition coefficient (Wildman–Crippen LogP) is 2.57. The van der Waals surface area contributed by atoms with E-state index in [1.807, 2.05) is 6.92 Å². The largest absolute Gasteiger partial charge is 0.356 e. The van der Waals surface area contributed by atoms with Crippen molar-refractivity contribution in [2.45, 2.75) is 19.8 Å². The fourth-order valence-electron chi connectivity index (χ4n) is 0.651. The highest BCUT2D eigenvalue weighted by Gasteiger charge is 1.83. The van der Waals surface area contributed by atoms with Crippen LogP contribution in [0.25, 0.3) is 0 Å². The summed E-state index contributed by atoms with van der Waals surface area (Å²) in [5.74, 6) is 0.691. The molecule has 0 saturated carbocycles. The van der Waals surface area contributed by atoms with Crippen molar-refractivity contribution in [2.24, 2.45) is 0 Å². The number of allylic oxidation sites excluding steroid dienone is 1. The Morgan fingerprint density at radius 3 is 2.58 bits per heavy atom. The van der Waals surface area contributed by atoms with E-state index >= 15 is 0 Å². The zero-order valence-electron chi connectivity index (χ0n) is 7.59. The van der Waals surface area contributed by atoms with E-state index in [-0.39, 0.29) is 0 Å². The minimum Gasteiger partial charge on any atom is -0.356 e. The summed E-state index contributed by atoms with van der Waals surface area (Å²) < 4.78 is 10.1. The molecule has 0 aromatic rings. The van der Waals surface area contributed by atoms with E-state index < -0.39 is 0 Å². The SMILES string of the molecule is CCOCOCC/C=C/CCCl. The molecule has 0 aromatic heterocycles. The highest BCUT2D eigenvalue weighted by Crippen LogP contribution is 1.90. The average molecular weight is 193 g/mol. The smallest absolute Gasteiger partial charge is 0.146 e. The number of hydrogen-bond acceptors (Lipinski definition) is 2. The van der Waals surface area contributed by atoms with Gasteiger partial charge in [0.05, 0.1) is 6.61 Å². The molecular weight excluding hydrogens is 176 g/mol. The molecule has 0 fully saturated rings. The van der Waals surface area contributed by atoms with Gasteiger partial charge in [0.1, 0.15) is 6.79 Å². The van der Waals surface area contributed by atoms with Crippen molar-refractivity contribution in [3.05, 3.63) is 12.2 Å². The van der Waals surface area contributed by atoms with Gasteiger partial charge in [-0.05, 0) is 19.8 Å². The third-order valence-corrected chi connectivity index (χ3v) is 1.46. The van der Waals surface area contributed by atoms with Crippen molar-refractivity contribution in [2.75, 3.05) is 25.9 Å². The van der Waals surface area contributed by atoms with Crippen LogP contribution in [-0.2, 0) is 9.47 Å². The second kappa shape index (κ2) is 11.0. The van der Waals surface area contributed by atoms with E-state index in [0.717, 1.165) is 19.4 Å². The lowest BCUT2D eigenvalue weighted by molar-refractivity contribution is -0.0476. The zero-order chi connectivity index (χ0) is 9.07. The summed E-state index contributed by atoms with van der Waals surface area (Å²) in [5, 5.41) is 0. The molecule has 0 heterocycles. The van der Waals surface area contributed by atoms with Crippen molar-refractivity contribution in [1.82, 2.24) is 0 Å². The Bertz CT molecular complexity index is 105. The van der Waals surface area contributed by atoms with Gasteiger partial charge in [0.2, 0.25) is 0 Å². The standard InChI is InChI=1S/C9H17ClO2/c1-2-11-9-12-8-6-4-3-5-7-10/h3-4H,2,5-9H2,1H3/b4-3+. The molecule has 0 unspecified atom stereocenters. The van der Waals surface area contributed by atoms with Crippen LogP contribution in [0.1, 0.15) is 19.8 Å². The normalized spacial score (nSPS) is 11.2. The summed E-state index contributed by atoms with van der Waals surface area (Å²) in [5.41, 5.74) is 0. The molecule has 12 heavy (non-hydrogen) atoms. The van der Waals surface area contributed by atoms with E-state index in [1.165, 1.54) is 0 Å². The van der Waals surface area contributed by atoms with Crippen molar-refractivity contribution in [1.29, 1.82) is 0 Å². The van der Waals surface area contributed by atoms with Crippen LogP contribution in [0, 0.1) is 0 Å². The lowest BCUT2D eigenvalue weighted by atomic mass is 10.3. The van der Waals surface area contributed by atoms with E-state index in [1.54, 1.807) is 0 Å². The summed E-state index contributed by atoms with van der Waals surface area (Å²) in [7, 11) is 0. The highest BCUT2D eigenvalue weighted by molar-refractivity contribution is 6.17. The summed E-state index contributed by atoms with van der Waals surface area (Å²) in [6, 6.07) is 0. The quantitative estimate of drug-likeness (QED) is 0.255. The fourth-order valence-corrected chi connectivity index (χ4v) is 0.777. The molecule has 0 radical (unpaired) electrons. The minimum absolute atomic E-state index is 0.403. The molecular formula is C9H17ClO2. The van der Waals surface area contributed by atoms with Gasteiger partial charge < -0.3 is 9.47 Å². The Balaban J connectivity index is 2.90. The molecule has 0 bridgehead atoms. The average Bonchev–Trinajstić information content (AvgIpc) is 2.10. The van der Waals surface area contributed by atoms with Crippen LogP contribution in [0.2, 0.25) is 0 Å². The molecule has 0 rings (SSSR count). The molecule has 3 heteroatoms. The third-order valence-electron chi connectivity index (χ3n) is 1.24. The molecule has 0 atom stereocenters. The van der Waals surface area contributed by atoms with Crippen LogP contribution in [0.15, 0.2) is 12.2 Å². The number of rotatable bonds is 8. The molecule has 0 aliphatic carbocycles. The summed E-state index contributed by atoms with van der Waals surface area (Å²) >= 11 is 5.48. The Morgan fingerprint density at radius 1 is 1.17 bits per heavy atom. The van der Waals surface area contributed by atoms with Gasteiger partial charge >= 0.3 is 0 Å². The highest BCUT2D eigenvalue weighted by atomic mass is 35.5. The van der Waals surface area contributed by atoms with Crippen LogP contribution in [0.3, 0.4) is 0 Å². The van der Waals surface area contributed by atoms with Crippen molar-refractivity contribution < 1.29 is 9.47 Å². The van der Waals surface area contributed by atoms with Crippen molar-refractivity contribution in [3.8, 4) is 0 Å². The first-order chi connectivity index (χ1) is 5.91. The van der Waals surface area contributed by atoms with E-state index in [9.17, 15) is 0 Å². The number of ether oxygens (including phenoxy) is 2. The van der Waals surface area contributed by atoms with Crippen LogP contribution < -0.4 is 0 Å². The van der Waals surface area contributed by atoms with Crippen molar-refractivity contribution >= 4 is 11.6 Å². The lowest BCUT2D eigenvalue weighted by Crippen LogP contribution is -1.99. The molecule has 0 aliphatic rings. The second-order valence-electron chi connectivity index (χ2n) is 2.26. The molecule has 0 spiro atoms. The second-order valence-corrected chi connectivity index (χ2v) is 2.63. The predicted molar refractivity (Wildman–Crippen MR) is 51.5 cm³/mol. The summed E-state index contributed by atoms with van der Waals surface area (Å²) in [6.45, 7) is 3.78. The molecule has 2 nitrogen and oxygen atoms in total. The minimum atomic E-state index is 0.403. The molecule has 0 amide bonds. The first-order valence-electron chi connectivity index (χ1n) is 4.28. The van der Waals surface area contributed by atoms with Gasteiger partial charge in [0.15, 0.2) is 0 Å². The lowest BCUT2D eigenvalue weighted by Gasteiger charge is -2.00. The summed E-state index contributed by atoms with van der Waals surface area (Å²) in [4.78, 5) is 0. The molecule has 0 saturated heterocycles. The van der Waals surface area contributed by atoms with Crippen LogP contribution in [0.5, 0.6) is 0 Å². The van der Waals surface area contributed by atoms with Gasteiger partial charge in [-0.25, -0.2) is 0 Å². The summed E-state index contributed by atoms with van der Waals surface area (Å²) in [6.07, 6.45) is 6.02. The first kappa shape index (κ1) is 11.9. The molecule has 0 aliphatic heterocycles. The van der Waals surface area contributed by atoms with Crippen molar-refractivity contribution in [3.63, 3.8) is 0 Å². The van der Waals surface area contributed by atoms with E-state index in [0.29, 0.717) is 19.3 Å². The molecule has 0 N–H and O–H groups in total. The van der Waals surface area contributed by atoms with Gasteiger partial charge in [-0.1, -0.05) is 12.2 Å². The Hall–Kier alpha value is -0.0500. The van der Waals surface area contributed by atoms with Gasteiger partial charge in [-0.2, -0.15) is 0 Å². The number of halogens is 1. The Kier molecular flexibility index (Phi) is 10.9. The Labute approximate surface area is 79.5 Å². The zero-order valence-corrected chi connectivity index (χ0v) is 8.35. The maximum absolute atomic E-state index is 5.48. The first-order valence-corrected chi connectivity index (χ1v) is 4.81. The molecule has 0 aromatic carbocycles. The van der Waals surface area contributed by atoms with E-state index in [2.05, 4.69) is 12.2 Å². The monoisotopic (exact) mass is 192 g/mol. The van der Waals surface area contributed by atoms with Crippen LogP contribution in [-0.4, -0.2) is 25.9 Å². The van der Waals surface area contributed by atoms with Gasteiger partial charge in [-0.15, -0.1) is 11.6 Å². The van der Waals surface area contributed by atoms with Crippen LogP contribution >= 0.6 is 11.6 Å². The fraction of sp³-hybridized carbons (Fsp3) is 0.778. The molecule has 72 valence electrons. The van der Waals surface area contributed by atoms with Gasteiger partial charge in [-0.3, -0.25) is 0 Å². The topological polar surface area (TPSA) is 18.5 Å². The van der Waals surface area contributed by atoms with Crippen LogP contribution in [0.4, 0.5) is 0 Å². The third kappa shape index (κ3) is 9.95.